The molecule has 0 fully saturated rings. The van der Waals surface area contributed by atoms with Gasteiger partial charge >= 0.3 is 0 Å². The Labute approximate surface area is 115 Å². The number of hydrogen-bond donors (Lipinski definition) is 1. The number of benzene rings is 1. The van der Waals surface area contributed by atoms with Crippen LogP contribution in [-0.2, 0) is 0 Å². The topological polar surface area (TPSA) is 37.8 Å². The Kier molecular flexibility index (Phi) is 3.84. The van der Waals surface area contributed by atoms with Gasteiger partial charge in [-0.2, -0.15) is 0 Å². The quantitative estimate of drug-likeness (QED) is 0.906. The van der Waals surface area contributed by atoms with E-state index >= 15 is 0 Å². The van der Waals surface area contributed by atoms with Gasteiger partial charge < -0.3 is 5.32 Å². The zero-order valence-electron chi connectivity index (χ0n) is 12.3. The number of hydrogen-bond acceptors (Lipinski definition) is 3. The molecule has 1 N–H and O–H groups in total. The van der Waals surface area contributed by atoms with Crippen molar-refractivity contribution < 1.29 is 0 Å². The Morgan fingerprint density at radius 2 is 1.63 bits per heavy atom. The van der Waals surface area contributed by atoms with E-state index in [1.54, 1.807) is 0 Å². The molecule has 1 heterocycles. The fourth-order valence-corrected chi connectivity index (χ4v) is 2.49. The SMILES string of the molecule is CCNc1ncc(C)c(-c2c(C)cc(C)cc2C)n1. The second kappa shape index (κ2) is 5.39. The van der Waals surface area contributed by atoms with Crippen molar-refractivity contribution in [1.29, 1.82) is 0 Å². The van der Waals surface area contributed by atoms with Crippen molar-refractivity contribution >= 4 is 5.95 Å². The molecule has 0 aliphatic heterocycles. The molecule has 100 valence electrons. The predicted octanol–water partition coefficient (Wildman–Crippen LogP) is 3.81. The van der Waals surface area contributed by atoms with E-state index in [1.165, 1.54) is 22.3 Å². The number of nitrogens with zero attached hydrogens (tertiary/aromatic N) is 2. The van der Waals surface area contributed by atoms with Gasteiger partial charge in [-0.3, -0.25) is 0 Å². The maximum Gasteiger partial charge on any atom is 0.223 e. The van der Waals surface area contributed by atoms with E-state index in [9.17, 15) is 0 Å². The molecule has 1 aromatic heterocycles. The zero-order valence-corrected chi connectivity index (χ0v) is 12.3. The fourth-order valence-electron chi connectivity index (χ4n) is 2.49. The van der Waals surface area contributed by atoms with Gasteiger partial charge in [0.25, 0.3) is 0 Å². The van der Waals surface area contributed by atoms with Gasteiger partial charge in [0.2, 0.25) is 5.95 Å². The Bertz CT molecular complexity index is 580. The molecule has 0 saturated heterocycles. The first-order valence-electron chi connectivity index (χ1n) is 6.68. The van der Waals surface area contributed by atoms with Crippen molar-refractivity contribution in [3.8, 4) is 11.3 Å². The highest BCUT2D eigenvalue weighted by Gasteiger charge is 2.12. The molecule has 0 amide bonds. The minimum absolute atomic E-state index is 0.697. The minimum Gasteiger partial charge on any atom is -0.354 e. The van der Waals surface area contributed by atoms with Gasteiger partial charge in [-0.15, -0.1) is 0 Å². The lowest BCUT2D eigenvalue weighted by Gasteiger charge is -2.14. The first-order chi connectivity index (χ1) is 9.02. The lowest BCUT2D eigenvalue weighted by molar-refractivity contribution is 1.07. The summed E-state index contributed by atoms with van der Waals surface area (Å²) in [5.74, 6) is 0.697. The maximum absolute atomic E-state index is 4.66. The smallest absolute Gasteiger partial charge is 0.223 e. The van der Waals surface area contributed by atoms with E-state index < -0.39 is 0 Å². The fraction of sp³-hybridized carbons (Fsp3) is 0.375. The van der Waals surface area contributed by atoms with Gasteiger partial charge in [0.15, 0.2) is 0 Å². The second-order valence-corrected chi connectivity index (χ2v) is 5.03. The number of aryl methyl sites for hydroxylation is 4. The van der Waals surface area contributed by atoms with Gasteiger partial charge in [-0.25, -0.2) is 9.97 Å². The van der Waals surface area contributed by atoms with E-state index in [1.807, 2.05) is 13.1 Å². The summed E-state index contributed by atoms with van der Waals surface area (Å²) in [5.41, 5.74) is 7.18. The molecule has 3 heteroatoms. The molecular formula is C16H21N3. The van der Waals surface area contributed by atoms with Crippen LogP contribution in [0.1, 0.15) is 29.2 Å². The minimum atomic E-state index is 0.697. The average Bonchev–Trinajstić information content (AvgIpc) is 2.32. The lowest BCUT2D eigenvalue weighted by Crippen LogP contribution is -2.04. The van der Waals surface area contributed by atoms with Crippen LogP contribution in [0.3, 0.4) is 0 Å². The van der Waals surface area contributed by atoms with Crippen LogP contribution < -0.4 is 5.32 Å². The Morgan fingerprint density at radius 1 is 1.00 bits per heavy atom. The summed E-state index contributed by atoms with van der Waals surface area (Å²) in [6.07, 6.45) is 1.89. The summed E-state index contributed by atoms with van der Waals surface area (Å²) in [6, 6.07) is 4.41. The van der Waals surface area contributed by atoms with E-state index in [-0.39, 0.29) is 0 Å². The lowest BCUT2D eigenvalue weighted by atomic mass is 9.95. The molecule has 0 bridgehead atoms. The molecule has 19 heavy (non-hydrogen) atoms. The summed E-state index contributed by atoms with van der Waals surface area (Å²) < 4.78 is 0. The summed E-state index contributed by atoms with van der Waals surface area (Å²) in [7, 11) is 0. The van der Waals surface area contributed by atoms with Gasteiger partial charge in [-0.1, -0.05) is 17.7 Å². The van der Waals surface area contributed by atoms with Crippen LogP contribution in [0.5, 0.6) is 0 Å². The van der Waals surface area contributed by atoms with Gasteiger partial charge in [0, 0.05) is 18.3 Å². The Balaban J connectivity index is 2.61. The van der Waals surface area contributed by atoms with Crippen molar-refractivity contribution in [3.05, 3.63) is 40.6 Å². The van der Waals surface area contributed by atoms with Gasteiger partial charge in [0.1, 0.15) is 0 Å². The van der Waals surface area contributed by atoms with Crippen molar-refractivity contribution in [2.24, 2.45) is 0 Å². The molecular weight excluding hydrogens is 234 g/mol. The van der Waals surface area contributed by atoms with Crippen molar-refractivity contribution in [2.75, 3.05) is 11.9 Å². The maximum atomic E-state index is 4.66. The monoisotopic (exact) mass is 255 g/mol. The number of nitrogens with one attached hydrogen (secondary N) is 1. The second-order valence-electron chi connectivity index (χ2n) is 5.03. The Hall–Kier alpha value is -1.90. The van der Waals surface area contributed by atoms with Crippen LogP contribution in [0.15, 0.2) is 18.3 Å². The summed E-state index contributed by atoms with van der Waals surface area (Å²) in [6.45, 7) is 11.3. The number of aromatic nitrogens is 2. The standard InChI is InChI=1S/C16H21N3/c1-6-17-16-18-9-13(5)15(19-16)14-11(3)7-10(2)8-12(14)4/h7-9H,6H2,1-5H3,(H,17,18,19). The molecule has 0 unspecified atom stereocenters. The summed E-state index contributed by atoms with van der Waals surface area (Å²) >= 11 is 0. The van der Waals surface area contributed by atoms with Gasteiger partial charge in [0.05, 0.1) is 5.69 Å². The molecule has 1 aromatic carbocycles. The average molecular weight is 255 g/mol. The highest BCUT2D eigenvalue weighted by Crippen LogP contribution is 2.29. The molecule has 2 rings (SSSR count). The van der Waals surface area contributed by atoms with Crippen LogP contribution in [0.4, 0.5) is 5.95 Å². The van der Waals surface area contributed by atoms with Crippen LogP contribution in [0, 0.1) is 27.7 Å². The summed E-state index contributed by atoms with van der Waals surface area (Å²) in [5, 5.41) is 3.17. The highest BCUT2D eigenvalue weighted by atomic mass is 15.1. The van der Waals surface area contributed by atoms with E-state index in [4.69, 9.17) is 0 Å². The molecule has 0 spiro atoms. The van der Waals surface area contributed by atoms with E-state index in [0.29, 0.717) is 5.95 Å². The van der Waals surface area contributed by atoms with E-state index in [0.717, 1.165) is 17.8 Å². The zero-order chi connectivity index (χ0) is 14.0. The first kappa shape index (κ1) is 13.5. The Morgan fingerprint density at radius 3 is 2.21 bits per heavy atom. The molecule has 0 aliphatic carbocycles. The predicted molar refractivity (Wildman–Crippen MR) is 80.6 cm³/mol. The highest BCUT2D eigenvalue weighted by molar-refractivity contribution is 5.71. The third kappa shape index (κ3) is 2.75. The number of rotatable bonds is 3. The normalized spacial score (nSPS) is 10.6. The van der Waals surface area contributed by atoms with Crippen LogP contribution in [0.2, 0.25) is 0 Å². The van der Waals surface area contributed by atoms with Crippen molar-refractivity contribution in [1.82, 2.24) is 9.97 Å². The van der Waals surface area contributed by atoms with Crippen molar-refractivity contribution in [3.63, 3.8) is 0 Å². The number of anilines is 1. The van der Waals surface area contributed by atoms with Crippen LogP contribution in [-0.4, -0.2) is 16.5 Å². The van der Waals surface area contributed by atoms with Crippen LogP contribution in [0.25, 0.3) is 11.3 Å². The molecule has 0 saturated carbocycles. The third-order valence-electron chi connectivity index (χ3n) is 3.22. The third-order valence-corrected chi connectivity index (χ3v) is 3.22. The summed E-state index contributed by atoms with van der Waals surface area (Å²) in [4.78, 5) is 8.97. The van der Waals surface area contributed by atoms with Crippen LogP contribution >= 0.6 is 0 Å². The molecule has 2 aromatic rings. The first-order valence-corrected chi connectivity index (χ1v) is 6.68. The van der Waals surface area contributed by atoms with E-state index in [2.05, 4.69) is 55.1 Å². The molecule has 0 atom stereocenters. The largest absolute Gasteiger partial charge is 0.354 e. The molecule has 0 radical (unpaired) electrons. The van der Waals surface area contributed by atoms with Crippen molar-refractivity contribution in [2.45, 2.75) is 34.6 Å². The molecule has 0 aliphatic rings. The molecule has 3 nitrogen and oxygen atoms in total. The van der Waals surface area contributed by atoms with Gasteiger partial charge in [-0.05, 0) is 51.3 Å².